The third kappa shape index (κ3) is 5.29. The molecule has 3 aliphatic rings. The van der Waals surface area contributed by atoms with Gasteiger partial charge in [0.25, 0.3) is 0 Å². The highest BCUT2D eigenvalue weighted by Crippen LogP contribution is 2.58. The molecule has 3 rings (SSSR count). The van der Waals surface area contributed by atoms with Gasteiger partial charge in [0.2, 0.25) is 0 Å². The van der Waals surface area contributed by atoms with Crippen molar-refractivity contribution in [2.24, 2.45) is 23.2 Å². The van der Waals surface area contributed by atoms with E-state index in [0.717, 1.165) is 36.3 Å². The second-order valence-corrected chi connectivity index (χ2v) is 11.3. The third-order valence-electron chi connectivity index (χ3n) is 8.44. The molecule has 0 bridgehead atoms. The van der Waals surface area contributed by atoms with Gasteiger partial charge in [0.15, 0.2) is 0 Å². The Morgan fingerprint density at radius 3 is 2.67 bits per heavy atom. The van der Waals surface area contributed by atoms with Crippen molar-refractivity contribution in [2.75, 3.05) is 0 Å². The zero-order chi connectivity index (χ0) is 22.1. The van der Waals surface area contributed by atoms with Crippen LogP contribution in [0.3, 0.4) is 0 Å². The van der Waals surface area contributed by atoms with Crippen LogP contribution in [0.5, 0.6) is 0 Å². The van der Waals surface area contributed by atoms with Crippen LogP contribution in [-0.4, -0.2) is 33.1 Å². The molecule has 170 valence electrons. The monoisotopic (exact) mass is 416 g/mol. The summed E-state index contributed by atoms with van der Waals surface area (Å²) >= 11 is 0. The van der Waals surface area contributed by atoms with E-state index in [4.69, 9.17) is 0 Å². The molecule has 3 aliphatic carbocycles. The fraction of sp³-hybridized carbons (Fsp3) is 0.778. The fourth-order valence-corrected chi connectivity index (χ4v) is 6.58. The predicted molar refractivity (Wildman–Crippen MR) is 124 cm³/mol. The molecule has 0 spiro atoms. The number of rotatable bonds is 7. The lowest BCUT2D eigenvalue weighted by Gasteiger charge is -2.43. The minimum Gasteiger partial charge on any atom is -0.393 e. The summed E-state index contributed by atoms with van der Waals surface area (Å²) < 4.78 is 0. The van der Waals surface area contributed by atoms with Gasteiger partial charge in [0, 0.05) is 6.42 Å². The maximum Gasteiger partial charge on any atom is 0.0777 e. The smallest absolute Gasteiger partial charge is 0.0777 e. The third-order valence-corrected chi connectivity index (χ3v) is 8.44. The van der Waals surface area contributed by atoms with Crippen LogP contribution in [0.25, 0.3) is 0 Å². The average Bonchev–Trinajstić information content (AvgIpc) is 3.00. The molecule has 3 N–H and O–H groups in total. The first-order valence-corrected chi connectivity index (χ1v) is 12.2. The molecule has 6 atom stereocenters. The van der Waals surface area contributed by atoms with E-state index in [2.05, 4.69) is 32.1 Å². The van der Waals surface area contributed by atoms with Crippen molar-refractivity contribution in [1.29, 1.82) is 0 Å². The van der Waals surface area contributed by atoms with Crippen LogP contribution in [0, 0.1) is 23.2 Å². The van der Waals surface area contributed by atoms with Crippen molar-refractivity contribution in [1.82, 2.24) is 0 Å². The minimum absolute atomic E-state index is 0.359. The quantitative estimate of drug-likeness (QED) is 0.498. The van der Waals surface area contributed by atoms with Gasteiger partial charge in [0.1, 0.15) is 0 Å². The Hall–Kier alpha value is -0.900. The molecule has 3 heteroatoms. The molecule has 0 aromatic heterocycles. The first-order chi connectivity index (χ1) is 14.0. The SMILES string of the molecule is CC1=C(/C=C\C2=CCC[C@]3(C)[C@@H]([C@@H](C)CCCC(C)(C)O)CC[C@@H]23)C[C@@H](O)C[C@@H]1O. The Balaban J connectivity index is 1.68. The molecule has 0 amide bonds. The summed E-state index contributed by atoms with van der Waals surface area (Å²) in [4.78, 5) is 0. The van der Waals surface area contributed by atoms with E-state index in [1.165, 1.54) is 31.3 Å². The molecule has 0 aliphatic heterocycles. The van der Waals surface area contributed by atoms with Gasteiger partial charge in [-0.2, -0.15) is 0 Å². The van der Waals surface area contributed by atoms with Gasteiger partial charge >= 0.3 is 0 Å². The maximum absolute atomic E-state index is 10.2. The number of aliphatic hydroxyl groups excluding tert-OH is 2. The van der Waals surface area contributed by atoms with Gasteiger partial charge in [-0.1, -0.05) is 44.9 Å². The Morgan fingerprint density at radius 2 is 1.97 bits per heavy atom. The van der Waals surface area contributed by atoms with Gasteiger partial charge < -0.3 is 15.3 Å². The van der Waals surface area contributed by atoms with Crippen LogP contribution in [0.1, 0.15) is 92.4 Å². The van der Waals surface area contributed by atoms with Gasteiger partial charge in [-0.3, -0.25) is 0 Å². The standard InChI is InChI=1S/C27H44O3/c1-18(8-6-14-26(3,4)30)23-12-13-24-20(9-7-15-27(23,24)5)10-11-21-16-22(28)17-25(29)19(21)2/h9-11,18,22-25,28-30H,6-8,12-17H2,1-5H3/b11-10-/t18-,22+,23+,24-,25-,27+/m0/s1. The van der Waals surface area contributed by atoms with Gasteiger partial charge in [0.05, 0.1) is 17.8 Å². The Bertz CT molecular complexity index is 695. The summed E-state index contributed by atoms with van der Waals surface area (Å²) in [7, 11) is 0. The highest BCUT2D eigenvalue weighted by molar-refractivity contribution is 5.37. The highest BCUT2D eigenvalue weighted by atomic mass is 16.3. The molecular formula is C27H44O3. The van der Waals surface area contributed by atoms with Crippen LogP contribution < -0.4 is 0 Å². The van der Waals surface area contributed by atoms with Crippen molar-refractivity contribution in [2.45, 2.75) is 110 Å². The van der Waals surface area contributed by atoms with Crippen LogP contribution in [0.4, 0.5) is 0 Å². The second-order valence-electron chi connectivity index (χ2n) is 11.3. The molecule has 0 aromatic carbocycles. The molecule has 30 heavy (non-hydrogen) atoms. The zero-order valence-electron chi connectivity index (χ0n) is 19.8. The van der Waals surface area contributed by atoms with Crippen molar-refractivity contribution < 1.29 is 15.3 Å². The summed E-state index contributed by atoms with van der Waals surface area (Å²) in [5, 5.41) is 30.3. The van der Waals surface area contributed by atoms with Crippen LogP contribution in [0.2, 0.25) is 0 Å². The van der Waals surface area contributed by atoms with Crippen molar-refractivity contribution in [3.05, 3.63) is 34.9 Å². The molecule has 0 saturated heterocycles. The Morgan fingerprint density at radius 1 is 1.23 bits per heavy atom. The molecule has 0 unspecified atom stereocenters. The number of hydrogen-bond donors (Lipinski definition) is 3. The normalized spacial score (nSPS) is 36.2. The van der Waals surface area contributed by atoms with Gasteiger partial charge in [-0.25, -0.2) is 0 Å². The summed E-state index contributed by atoms with van der Waals surface area (Å²) in [6, 6.07) is 0. The molecule has 0 radical (unpaired) electrons. The largest absolute Gasteiger partial charge is 0.393 e. The van der Waals surface area contributed by atoms with Crippen molar-refractivity contribution >= 4 is 0 Å². The summed E-state index contributed by atoms with van der Waals surface area (Å²) in [6.07, 6.45) is 15.2. The maximum atomic E-state index is 10.2. The van der Waals surface area contributed by atoms with Gasteiger partial charge in [-0.05, 0) is 99.2 Å². The highest BCUT2D eigenvalue weighted by Gasteiger charge is 2.49. The molecule has 3 nitrogen and oxygen atoms in total. The first-order valence-electron chi connectivity index (χ1n) is 12.2. The number of aliphatic hydroxyl groups is 3. The number of fused-ring (bicyclic) bond motifs is 1. The second kappa shape index (κ2) is 9.30. The van der Waals surface area contributed by atoms with Crippen molar-refractivity contribution in [3.63, 3.8) is 0 Å². The lowest BCUT2D eigenvalue weighted by molar-refractivity contribution is 0.0613. The Kier molecular flexibility index (Phi) is 7.37. The number of allylic oxidation sites excluding steroid dienone is 4. The van der Waals surface area contributed by atoms with E-state index in [1.807, 2.05) is 20.8 Å². The predicted octanol–water partition coefficient (Wildman–Crippen LogP) is 5.70. The topological polar surface area (TPSA) is 60.7 Å². The molecule has 0 heterocycles. The van der Waals surface area contributed by atoms with Crippen molar-refractivity contribution in [3.8, 4) is 0 Å². The van der Waals surface area contributed by atoms with E-state index < -0.39 is 17.8 Å². The van der Waals surface area contributed by atoms with Crippen LogP contribution >= 0.6 is 0 Å². The van der Waals surface area contributed by atoms with E-state index in [1.54, 1.807) is 0 Å². The summed E-state index contributed by atoms with van der Waals surface area (Å²) in [6.45, 7) is 10.8. The molecule has 0 aromatic rings. The van der Waals surface area contributed by atoms with E-state index in [9.17, 15) is 15.3 Å². The molecular weight excluding hydrogens is 372 g/mol. The van der Waals surface area contributed by atoms with E-state index in [0.29, 0.717) is 30.1 Å². The lowest BCUT2D eigenvalue weighted by Crippen LogP contribution is -2.35. The molecule has 1 saturated carbocycles. The zero-order valence-corrected chi connectivity index (χ0v) is 19.8. The Labute approximate surface area is 184 Å². The fourth-order valence-electron chi connectivity index (χ4n) is 6.58. The van der Waals surface area contributed by atoms with Crippen LogP contribution in [-0.2, 0) is 0 Å². The minimum atomic E-state index is -0.555. The number of hydrogen-bond acceptors (Lipinski definition) is 3. The van der Waals surface area contributed by atoms with Crippen LogP contribution in [0.15, 0.2) is 34.9 Å². The van der Waals surface area contributed by atoms with E-state index >= 15 is 0 Å². The van der Waals surface area contributed by atoms with E-state index in [-0.39, 0.29) is 0 Å². The molecule has 1 fully saturated rings. The summed E-state index contributed by atoms with van der Waals surface area (Å²) in [5.74, 6) is 2.06. The van der Waals surface area contributed by atoms with Gasteiger partial charge in [-0.15, -0.1) is 0 Å². The first kappa shape index (κ1) is 23.8. The average molecular weight is 417 g/mol. The summed E-state index contributed by atoms with van der Waals surface area (Å²) in [5.41, 5.74) is 3.38. The lowest BCUT2D eigenvalue weighted by atomic mass is 9.62.